The number of ether oxygens (including phenoxy) is 2. The van der Waals surface area contributed by atoms with E-state index in [4.69, 9.17) is 14.5 Å². The molecule has 2 N–H and O–H groups in total. The lowest BCUT2D eigenvalue weighted by molar-refractivity contribution is 0.0536. The van der Waals surface area contributed by atoms with Gasteiger partial charge in [0.1, 0.15) is 0 Å². The van der Waals surface area contributed by atoms with Gasteiger partial charge in [0.05, 0.1) is 26.4 Å². The topological polar surface area (TPSA) is 75.2 Å². The highest BCUT2D eigenvalue weighted by atomic mass is 16.5. The molecule has 0 radical (unpaired) electrons. The maximum absolute atomic E-state index is 12.1. The summed E-state index contributed by atoms with van der Waals surface area (Å²) in [6.45, 7) is 10.3. The van der Waals surface area contributed by atoms with Crippen molar-refractivity contribution in [3.63, 3.8) is 0 Å². The van der Waals surface area contributed by atoms with Crippen molar-refractivity contribution in [3.05, 3.63) is 35.4 Å². The Hall–Kier alpha value is -2.12. The van der Waals surface area contributed by atoms with Crippen LogP contribution in [-0.4, -0.2) is 69.9 Å². The molecular weight excluding hydrogens is 380 g/mol. The molecule has 30 heavy (non-hydrogen) atoms. The van der Waals surface area contributed by atoms with E-state index in [1.54, 1.807) is 7.11 Å². The predicted molar refractivity (Wildman–Crippen MR) is 121 cm³/mol. The normalized spacial score (nSPS) is 16.7. The maximum atomic E-state index is 12.1. The molecule has 1 unspecified atom stereocenters. The van der Waals surface area contributed by atoms with Gasteiger partial charge in [-0.1, -0.05) is 25.5 Å². The number of rotatable bonds is 12. The number of guanidine groups is 1. The highest BCUT2D eigenvalue weighted by molar-refractivity contribution is 5.94. The van der Waals surface area contributed by atoms with E-state index in [9.17, 15) is 4.79 Å². The Balaban J connectivity index is 1.86. The molecule has 0 bridgehead atoms. The third kappa shape index (κ3) is 8.32. The second kappa shape index (κ2) is 14.0. The Morgan fingerprint density at radius 1 is 1.20 bits per heavy atom. The number of amides is 1. The number of methoxy groups -OCH3 is 1. The van der Waals surface area contributed by atoms with Gasteiger partial charge < -0.3 is 25.0 Å². The van der Waals surface area contributed by atoms with Gasteiger partial charge in [0.2, 0.25) is 0 Å². The lowest BCUT2D eigenvalue weighted by Crippen LogP contribution is -2.40. The van der Waals surface area contributed by atoms with E-state index >= 15 is 0 Å². The molecule has 1 aliphatic heterocycles. The standard InChI is InChI=1S/C23H38N4O3/c1-4-6-12-25-22(28)21-9-7-19(8-10-21)16-26-23(24-5-2)27-13-11-20(17-27)18-30-15-14-29-3/h7-10,20H,4-6,11-18H2,1-3H3,(H,24,26)(H,25,28). The molecule has 1 fully saturated rings. The fourth-order valence-electron chi connectivity index (χ4n) is 3.39. The Morgan fingerprint density at radius 2 is 2.00 bits per heavy atom. The van der Waals surface area contributed by atoms with Crippen molar-refractivity contribution < 1.29 is 14.3 Å². The van der Waals surface area contributed by atoms with Crippen molar-refractivity contribution in [2.75, 3.05) is 53.1 Å². The number of nitrogens with one attached hydrogen (secondary N) is 2. The van der Waals surface area contributed by atoms with Crippen LogP contribution >= 0.6 is 0 Å². The summed E-state index contributed by atoms with van der Waals surface area (Å²) >= 11 is 0. The molecule has 0 aliphatic carbocycles. The molecule has 2 rings (SSSR count). The Morgan fingerprint density at radius 3 is 2.70 bits per heavy atom. The predicted octanol–water partition coefficient (Wildman–Crippen LogP) is 2.67. The number of likely N-dealkylation sites (tertiary alicyclic amines) is 1. The quantitative estimate of drug-likeness (QED) is 0.310. The molecule has 0 saturated carbocycles. The number of carbonyl (C=O) groups excluding carboxylic acids is 1. The summed E-state index contributed by atoms with van der Waals surface area (Å²) < 4.78 is 10.7. The van der Waals surface area contributed by atoms with Crippen molar-refractivity contribution in [3.8, 4) is 0 Å². The second-order valence-electron chi connectivity index (χ2n) is 7.64. The van der Waals surface area contributed by atoms with Crippen molar-refractivity contribution in [1.82, 2.24) is 15.5 Å². The van der Waals surface area contributed by atoms with Crippen molar-refractivity contribution in [2.45, 2.75) is 39.7 Å². The monoisotopic (exact) mass is 418 g/mol. The van der Waals surface area contributed by atoms with Crippen LogP contribution < -0.4 is 10.6 Å². The third-order valence-electron chi connectivity index (χ3n) is 5.15. The summed E-state index contributed by atoms with van der Waals surface area (Å²) in [5.74, 6) is 1.46. The summed E-state index contributed by atoms with van der Waals surface area (Å²) in [6, 6.07) is 7.72. The zero-order valence-corrected chi connectivity index (χ0v) is 18.8. The van der Waals surface area contributed by atoms with Crippen LogP contribution in [0.4, 0.5) is 0 Å². The average molecular weight is 419 g/mol. The van der Waals surface area contributed by atoms with Gasteiger partial charge in [0.15, 0.2) is 5.96 Å². The van der Waals surface area contributed by atoms with Gasteiger partial charge in [-0.3, -0.25) is 4.79 Å². The van der Waals surface area contributed by atoms with Gasteiger partial charge in [-0.25, -0.2) is 4.99 Å². The first kappa shape index (κ1) is 24.2. The van der Waals surface area contributed by atoms with Crippen LogP contribution in [0.15, 0.2) is 29.3 Å². The molecule has 1 aromatic carbocycles. The summed E-state index contributed by atoms with van der Waals surface area (Å²) in [4.78, 5) is 19.2. The summed E-state index contributed by atoms with van der Waals surface area (Å²) in [6.07, 6.45) is 3.19. The number of carbonyl (C=O) groups is 1. The van der Waals surface area contributed by atoms with Crippen LogP contribution in [-0.2, 0) is 16.0 Å². The zero-order chi connectivity index (χ0) is 21.6. The molecule has 7 nitrogen and oxygen atoms in total. The van der Waals surface area contributed by atoms with E-state index in [0.717, 1.165) is 63.6 Å². The highest BCUT2D eigenvalue weighted by Gasteiger charge is 2.24. The maximum Gasteiger partial charge on any atom is 0.251 e. The molecule has 7 heteroatoms. The fourth-order valence-corrected chi connectivity index (χ4v) is 3.39. The summed E-state index contributed by atoms with van der Waals surface area (Å²) in [5.41, 5.74) is 1.79. The number of aliphatic imine (C=N–C) groups is 1. The molecule has 0 aromatic heterocycles. The lowest BCUT2D eigenvalue weighted by Gasteiger charge is -2.21. The van der Waals surface area contributed by atoms with Crippen molar-refractivity contribution >= 4 is 11.9 Å². The van der Waals surface area contributed by atoms with Gasteiger partial charge in [-0.15, -0.1) is 0 Å². The average Bonchev–Trinajstić information content (AvgIpc) is 3.23. The molecule has 168 valence electrons. The van der Waals surface area contributed by atoms with Crippen LogP contribution in [0.1, 0.15) is 49.0 Å². The Bertz CT molecular complexity index is 648. The van der Waals surface area contributed by atoms with E-state index in [1.165, 1.54) is 0 Å². The van der Waals surface area contributed by atoms with Crippen LogP contribution in [0.5, 0.6) is 0 Å². The lowest BCUT2D eigenvalue weighted by atomic mass is 10.1. The number of hydrogen-bond donors (Lipinski definition) is 2. The summed E-state index contributed by atoms with van der Waals surface area (Å²) in [7, 11) is 1.69. The summed E-state index contributed by atoms with van der Waals surface area (Å²) in [5, 5.41) is 6.35. The minimum atomic E-state index is -0.0114. The van der Waals surface area contributed by atoms with E-state index in [0.29, 0.717) is 31.2 Å². The molecule has 0 spiro atoms. The third-order valence-corrected chi connectivity index (χ3v) is 5.15. The molecule has 1 aromatic rings. The van der Waals surface area contributed by atoms with Gasteiger partial charge in [-0.05, 0) is 37.5 Å². The number of hydrogen-bond acceptors (Lipinski definition) is 4. The Labute approximate surface area is 181 Å². The van der Waals surface area contributed by atoms with Crippen molar-refractivity contribution in [1.29, 1.82) is 0 Å². The smallest absolute Gasteiger partial charge is 0.251 e. The first-order valence-corrected chi connectivity index (χ1v) is 11.1. The molecule has 1 heterocycles. The SMILES string of the molecule is CCCCNC(=O)c1ccc(CN=C(NCC)N2CCC(COCCOC)C2)cc1. The van der Waals surface area contributed by atoms with Crippen LogP contribution in [0.25, 0.3) is 0 Å². The van der Waals surface area contributed by atoms with Crippen LogP contribution in [0.3, 0.4) is 0 Å². The minimum Gasteiger partial charge on any atom is -0.382 e. The largest absolute Gasteiger partial charge is 0.382 e. The van der Waals surface area contributed by atoms with E-state index < -0.39 is 0 Å². The van der Waals surface area contributed by atoms with Gasteiger partial charge >= 0.3 is 0 Å². The van der Waals surface area contributed by atoms with Crippen LogP contribution in [0, 0.1) is 5.92 Å². The molecular formula is C23H38N4O3. The van der Waals surface area contributed by atoms with Crippen LogP contribution in [0.2, 0.25) is 0 Å². The molecule has 1 amide bonds. The van der Waals surface area contributed by atoms with Gasteiger partial charge in [0.25, 0.3) is 5.91 Å². The molecule has 1 atom stereocenters. The first-order valence-electron chi connectivity index (χ1n) is 11.1. The van der Waals surface area contributed by atoms with Gasteiger partial charge in [-0.2, -0.15) is 0 Å². The van der Waals surface area contributed by atoms with E-state index in [-0.39, 0.29) is 5.91 Å². The fraction of sp³-hybridized carbons (Fsp3) is 0.652. The number of benzene rings is 1. The number of unbranched alkanes of at least 4 members (excludes halogenated alkanes) is 1. The highest BCUT2D eigenvalue weighted by Crippen LogP contribution is 2.17. The minimum absolute atomic E-state index is 0.0114. The first-order chi connectivity index (χ1) is 14.7. The second-order valence-corrected chi connectivity index (χ2v) is 7.64. The molecule has 1 aliphatic rings. The zero-order valence-electron chi connectivity index (χ0n) is 18.8. The van der Waals surface area contributed by atoms with Gasteiger partial charge in [0, 0.05) is 44.8 Å². The molecule has 1 saturated heterocycles. The number of nitrogens with zero attached hydrogens (tertiary/aromatic N) is 2. The van der Waals surface area contributed by atoms with E-state index in [1.807, 2.05) is 24.3 Å². The van der Waals surface area contributed by atoms with Crippen molar-refractivity contribution in [2.24, 2.45) is 10.9 Å². The van der Waals surface area contributed by atoms with E-state index in [2.05, 4.69) is 29.4 Å². The Kier molecular flexibility index (Phi) is 11.3.